The van der Waals surface area contributed by atoms with E-state index < -0.39 is 17.5 Å². The number of aliphatic carboxylic acids is 2. The molecule has 0 aromatic heterocycles. The number of carboxylic acids is 2. The summed E-state index contributed by atoms with van der Waals surface area (Å²) in [5, 5.41) is 27.3. The number of nitrogens with zero attached hydrogens (tertiary/aromatic N) is 1. The van der Waals surface area contributed by atoms with Crippen LogP contribution in [0, 0.1) is 0 Å². The molecule has 1 heterocycles. The predicted molar refractivity (Wildman–Crippen MR) is 124 cm³/mol. The molecule has 0 fully saturated rings. The van der Waals surface area contributed by atoms with Crippen LogP contribution in [0.3, 0.4) is 0 Å². The van der Waals surface area contributed by atoms with Crippen LogP contribution < -0.4 is 9.47 Å². The van der Waals surface area contributed by atoms with E-state index >= 15 is 0 Å². The summed E-state index contributed by atoms with van der Waals surface area (Å²) >= 11 is 6.22. The summed E-state index contributed by atoms with van der Waals surface area (Å²) in [6, 6.07) is 13.6. The van der Waals surface area contributed by atoms with Crippen molar-refractivity contribution in [2.75, 3.05) is 34.4 Å². The van der Waals surface area contributed by atoms with Gasteiger partial charge in [-0.1, -0.05) is 35.9 Å². The normalized spacial score (nSPS) is 19.4. The molecule has 2 aromatic carbocycles. The highest BCUT2D eigenvalue weighted by atomic mass is 35.5. The van der Waals surface area contributed by atoms with E-state index in [0.29, 0.717) is 23.8 Å². The van der Waals surface area contributed by atoms with Gasteiger partial charge in [0.05, 0.1) is 18.7 Å². The molecule has 2 atom stereocenters. The molecule has 33 heavy (non-hydrogen) atoms. The summed E-state index contributed by atoms with van der Waals surface area (Å²) in [7, 11) is 5.71. The van der Waals surface area contributed by atoms with E-state index in [9.17, 15) is 5.11 Å². The maximum atomic E-state index is 12.0. The number of fused-ring (bicyclic) bond motifs is 1. The van der Waals surface area contributed by atoms with Gasteiger partial charge in [0.2, 0.25) is 0 Å². The Morgan fingerprint density at radius 3 is 2.45 bits per heavy atom. The van der Waals surface area contributed by atoms with Gasteiger partial charge in [0.25, 0.3) is 0 Å². The van der Waals surface area contributed by atoms with Crippen molar-refractivity contribution in [3.8, 4) is 11.5 Å². The first-order valence-electron chi connectivity index (χ1n) is 10.5. The summed E-state index contributed by atoms with van der Waals surface area (Å²) in [6.07, 6.45) is 2.26. The minimum Gasteiger partial charge on any atom is -0.495 e. The molecule has 8 nitrogen and oxygen atoms in total. The van der Waals surface area contributed by atoms with Gasteiger partial charge >= 0.3 is 11.9 Å². The highest BCUT2D eigenvalue weighted by Crippen LogP contribution is 2.48. The Kier molecular flexibility index (Phi) is 9.52. The smallest absolute Gasteiger partial charge is 0.414 e. The first-order valence-corrected chi connectivity index (χ1v) is 10.9. The van der Waals surface area contributed by atoms with Gasteiger partial charge in [-0.15, -0.1) is 0 Å². The van der Waals surface area contributed by atoms with Gasteiger partial charge in [-0.05, 0) is 63.7 Å². The number of rotatable bonds is 6. The van der Waals surface area contributed by atoms with Crippen molar-refractivity contribution in [2.45, 2.75) is 30.8 Å². The summed E-state index contributed by atoms with van der Waals surface area (Å²) in [5.74, 6) is -2.35. The highest BCUT2D eigenvalue weighted by molar-refractivity contribution is 6.32. The fourth-order valence-corrected chi connectivity index (χ4v) is 4.17. The lowest BCUT2D eigenvalue weighted by Crippen LogP contribution is -2.34. The van der Waals surface area contributed by atoms with Crippen LogP contribution in [0.15, 0.2) is 42.5 Å². The van der Waals surface area contributed by atoms with E-state index in [4.69, 9.17) is 40.9 Å². The van der Waals surface area contributed by atoms with Gasteiger partial charge in [0.15, 0.2) is 0 Å². The lowest BCUT2D eigenvalue weighted by molar-refractivity contribution is -0.159. The van der Waals surface area contributed by atoms with Gasteiger partial charge in [0, 0.05) is 11.5 Å². The second kappa shape index (κ2) is 11.9. The maximum absolute atomic E-state index is 12.0. The summed E-state index contributed by atoms with van der Waals surface area (Å²) < 4.78 is 11.4. The van der Waals surface area contributed by atoms with Crippen LogP contribution in [-0.4, -0.2) is 66.5 Å². The van der Waals surface area contributed by atoms with Gasteiger partial charge in [-0.3, -0.25) is 0 Å². The van der Waals surface area contributed by atoms with Crippen LogP contribution in [0.5, 0.6) is 11.5 Å². The van der Waals surface area contributed by atoms with E-state index in [1.807, 2.05) is 42.5 Å². The van der Waals surface area contributed by atoms with Gasteiger partial charge in [0.1, 0.15) is 17.1 Å². The Morgan fingerprint density at radius 2 is 1.85 bits per heavy atom. The third-order valence-corrected chi connectivity index (χ3v) is 5.83. The number of methoxy groups -OCH3 is 1. The zero-order valence-electron chi connectivity index (χ0n) is 19.0. The van der Waals surface area contributed by atoms with Gasteiger partial charge in [-0.2, -0.15) is 0 Å². The molecule has 2 aromatic rings. The Morgan fingerprint density at radius 1 is 1.18 bits per heavy atom. The molecule has 0 bridgehead atoms. The largest absolute Gasteiger partial charge is 0.495 e. The number of para-hydroxylation sites is 1. The molecule has 0 saturated carbocycles. The molecule has 1 aliphatic heterocycles. The molecule has 0 radical (unpaired) electrons. The van der Waals surface area contributed by atoms with E-state index in [0.717, 1.165) is 36.3 Å². The van der Waals surface area contributed by atoms with Gasteiger partial charge in [-0.25, -0.2) is 9.59 Å². The van der Waals surface area contributed by atoms with Crippen molar-refractivity contribution >= 4 is 23.5 Å². The molecule has 0 spiro atoms. The number of benzene rings is 2. The minimum absolute atomic E-state index is 0.102. The lowest BCUT2D eigenvalue weighted by atomic mass is 9.73. The van der Waals surface area contributed by atoms with Crippen molar-refractivity contribution in [1.29, 1.82) is 0 Å². The average Bonchev–Trinajstić information content (AvgIpc) is 2.91. The Labute approximate surface area is 198 Å². The minimum atomic E-state index is -1.82. The molecular formula is C24H30ClNO7. The molecule has 3 N–H and O–H groups in total. The van der Waals surface area contributed by atoms with E-state index in [-0.39, 0.29) is 5.92 Å². The SMILES string of the molecule is COc1cc(C2CCOc3ccccc3C2(O)CCCN(C)C)ccc1Cl.O=C(O)C(=O)O. The molecule has 180 valence electrons. The van der Waals surface area contributed by atoms with Gasteiger partial charge < -0.3 is 29.7 Å². The third-order valence-electron chi connectivity index (χ3n) is 5.52. The van der Waals surface area contributed by atoms with E-state index in [2.05, 4.69) is 19.0 Å². The fourth-order valence-electron chi connectivity index (χ4n) is 3.97. The summed E-state index contributed by atoms with van der Waals surface area (Å²) in [4.78, 5) is 20.3. The first-order chi connectivity index (χ1) is 15.6. The van der Waals surface area contributed by atoms with E-state index in [1.54, 1.807) is 7.11 Å². The number of halogens is 1. The van der Waals surface area contributed by atoms with Crippen LogP contribution in [-0.2, 0) is 15.2 Å². The third kappa shape index (κ3) is 6.83. The zero-order chi connectivity index (χ0) is 24.6. The number of ether oxygens (including phenoxy) is 2. The van der Waals surface area contributed by atoms with Crippen molar-refractivity contribution in [3.63, 3.8) is 0 Å². The van der Waals surface area contributed by atoms with Crippen LogP contribution in [0.2, 0.25) is 5.02 Å². The predicted octanol–water partition coefficient (Wildman–Crippen LogP) is 3.60. The number of aliphatic hydroxyl groups is 1. The molecule has 2 unspecified atom stereocenters. The fraction of sp³-hybridized carbons (Fsp3) is 0.417. The number of hydrogen-bond donors (Lipinski definition) is 3. The zero-order valence-corrected chi connectivity index (χ0v) is 19.7. The topological polar surface area (TPSA) is 117 Å². The van der Waals surface area contributed by atoms with Crippen LogP contribution in [0.1, 0.15) is 36.3 Å². The lowest BCUT2D eigenvalue weighted by Gasteiger charge is -2.36. The quantitative estimate of drug-likeness (QED) is 0.538. The molecule has 9 heteroatoms. The second-order valence-corrected chi connectivity index (χ2v) is 8.43. The van der Waals surface area contributed by atoms with Crippen LogP contribution in [0.4, 0.5) is 0 Å². The number of hydrogen-bond acceptors (Lipinski definition) is 6. The Bertz CT molecular complexity index is 954. The summed E-state index contributed by atoms with van der Waals surface area (Å²) in [5.41, 5.74) is 0.867. The Balaban J connectivity index is 0.000000569. The van der Waals surface area contributed by atoms with Crippen molar-refractivity contribution in [2.24, 2.45) is 0 Å². The van der Waals surface area contributed by atoms with Crippen LogP contribution in [0.25, 0.3) is 0 Å². The molecular weight excluding hydrogens is 450 g/mol. The van der Waals surface area contributed by atoms with Crippen molar-refractivity contribution < 1.29 is 34.4 Å². The standard InChI is InChI=1S/C22H28ClNO3.C2H2O4/c1-24(2)13-6-12-22(25)17(16-9-10-19(23)21(15-16)26-3)11-14-27-20-8-5-4-7-18(20)22;3-1(4)2(5)6/h4-5,7-10,15,17,25H,6,11-14H2,1-3H3;(H,3,4)(H,5,6). The highest BCUT2D eigenvalue weighted by Gasteiger charge is 2.42. The van der Waals surface area contributed by atoms with Crippen molar-refractivity contribution in [1.82, 2.24) is 4.90 Å². The second-order valence-electron chi connectivity index (χ2n) is 8.02. The molecule has 0 saturated heterocycles. The molecule has 0 amide bonds. The first kappa shape index (κ1) is 26.4. The van der Waals surface area contributed by atoms with Crippen molar-refractivity contribution in [3.05, 3.63) is 58.6 Å². The molecule has 1 aliphatic rings. The maximum Gasteiger partial charge on any atom is 0.414 e. The number of carboxylic acid groups (broad SMARTS) is 2. The molecule has 0 aliphatic carbocycles. The Hall–Kier alpha value is -2.81. The molecule has 3 rings (SSSR count). The monoisotopic (exact) mass is 479 g/mol. The number of carbonyl (C=O) groups is 2. The summed E-state index contributed by atoms with van der Waals surface area (Å²) in [6.45, 7) is 1.48. The van der Waals surface area contributed by atoms with Crippen LogP contribution >= 0.6 is 11.6 Å². The van der Waals surface area contributed by atoms with E-state index in [1.165, 1.54) is 0 Å². The average molecular weight is 480 g/mol.